The van der Waals surface area contributed by atoms with Crippen LogP contribution in [0.4, 0.5) is 0 Å². The highest BCUT2D eigenvalue weighted by Crippen LogP contribution is 2.16. The minimum absolute atomic E-state index is 0.00468. The standard InChI is InChI=1S/C18H28BrN3O/c1-13(2)11-17(20)18(23)21-16-7-9-22(10-8-16)12-14-3-5-15(19)6-4-14/h3-6,13,16-17H,7-12,20H2,1-2H3,(H,21,23)/t17-/m0/s1. The molecule has 0 saturated carbocycles. The molecule has 5 heteroatoms. The van der Waals surface area contributed by atoms with Crippen LogP contribution in [-0.4, -0.2) is 36.0 Å². The molecule has 1 aliphatic heterocycles. The molecule has 0 radical (unpaired) electrons. The van der Waals surface area contributed by atoms with Crippen LogP contribution in [0.15, 0.2) is 28.7 Å². The molecule has 1 atom stereocenters. The van der Waals surface area contributed by atoms with Gasteiger partial charge < -0.3 is 11.1 Å². The Hall–Kier alpha value is -0.910. The molecule has 1 fully saturated rings. The topological polar surface area (TPSA) is 58.4 Å². The highest BCUT2D eigenvalue weighted by atomic mass is 79.9. The van der Waals surface area contributed by atoms with Crippen LogP contribution in [0.2, 0.25) is 0 Å². The number of halogens is 1. The highest BCUT2D eigenvalue weighted by Gasteiger charge is 2.23. The van der Waals surface area contributed by atoms with Gasteiger partial charge in [-0.05, 0) is 42.9 Å². The summed E-state index contributed by atoms with van der Waals surface area (Å²) >= 11 is 3.46. The molecule has 0 aromatic heterocycles. The molecule has 1 heterocycles. The van der Waals surface area contributed by atoms with Gasteiger partial charge in [-0.15, -0.1) is 0 Å². The Morgan fingerprint density at radius 1 is 1.30 bits per heavy atom. The van der Waals surface area contributed by atoms with E-state index in [1.807, 2.05) is 0 Å². The van der Waals surface area contributed by atoms with E-state index in [-0.39, 0.29) is 18.0 Å². The summed E-state index contributed by atoms with van der Waals surface area (Å²) in [6.45, 7) is 7.18. The zero-order chi connectivity index (χ0) is 16.8. The third-order valence-corrected chi connectivity index (χ3v) is 4.84. The molecule has 2 rings (SSSR count). The molecule has 1 aromatic carbocycles. The van der Waals surface area contributed by atoms with Gasteiger partial charge in [-0.1, -0.05) is 41.9 Å². The Balaban J connectivity index is 1.73. The van der Waals surface area contributed by atoms with E-state index in [1.165, 1.54) is 5.56 Å². The van der Waals surface area contributed by atoms with Gasteiger partial charge in [-0.2, -0.15) is 0 Å². The number of nitrogens with zero attached hydrogens (tertiary/aromatic N) is 1. The lowest BCUT2D eigenvalue weighted by Crippen LogP contribution is -2.49. The monoisotopic (exact) mass is 381 g/mol. The summed E-state index contributed by atoms with van der Waals surface area (Å²) in [5.41, 5.74) is 7.28. The van der Waals surface area contributed by atoms with Crippen molar-refractivity contribution in [1.29, 1.82) is 0 Å². The first-order valence-corrected chi connectivity index (χ1v) is 9.26. The van der Waals surface area contributed by atoms with Crippen molar-refractivity contribution in [2.24, 2.45) is 11.7 Å². The van der Waals surface area contributed by atoms with Crippen molar-refractivity contribution in [3.05, 3.63) is 34.3 Å². The molecule has 0 spiro atoms. The summed E-state index contributed by atoms with van der Waals surface area (Å²) < 4.78 is 1.11. The van der Waals surface area contributed by atoms with Crippen LogP contribution in [0.25, 0.3) is 0 Å². The molecule has 4 nitrogen and oxygen atoms in total. The Morgan fingerprint density at radius 3 is 2.48 bits per heavy atom. The van der Waals surface area contributed by atoms with Gasteiger partial charge in [0.2, 0.25) is 5.91 Å². The smallest absolute Gasteiger partial charge is 0.237 e. The van der Waals surface area contributed by atoms with E-state index in [9.17, 15) is 4.79 Å². The third-order valence-electron chi connectivity index (χ3n) is 4.32. The van der Waals surface area contributed by atoms with Crippen LogP contribution in [-0.2, 0) is 11.3 Å². The largest absolute Gasteiger partial charge is 0.352 e. The second-order valence-corrected chi connectivity index (χ2v) is 7.84. The van der Waals surface area contributed by atoms with Crippen molar-refractivity contribution >= 4 is 21.8 Å². The van der Waals surface area contributed by atoms with Crippen molar-refractivity contribution in [2.75, 3.05) is 13.1 Å². The highest BCUT2D eigenvalue weighted by molar-refractivity contribution is 9.10. The summed E-state index contributed by atoms with van der Waals surface area (Å²) in [4.78, 5) is 14.5. The number of nitrogens with two attached hydrogens (primary N) is 1. The summed E-state index contributed by atoms with van der Waals surface area (Å²) in [6.07, 6.45) is 2.74. The van der Waals surface area contributed by atoms with Crippen LogP contribution < -0.4 is 11.1 Å². The number of hydrogen-bond donors (Lipinski definition) is 2. The van der Waals surface area contributed by atoms with Crippen molar-refractivity contribution in [3.8, 4) is 0 Å². The molecule has 0 unspecified atom stereocenters. The fourth-order valence-electron chi connectivity index (χ4n) is 3.01. The van der Waals surface area contributed by atoms with Gasteiger partial charge >= 0.3 is 0 Å². The minimum Gasteiger partial charge on any atom is -0.352 e. The van der Waals surface area contributed by atoms with Crippen LogP contribution in [0.1, 0.15) is 38.7 Å². The van der Waals surface area contributed by atoms with Crippen molar-refractivity contribution in [3.63, 3.8) is 0 Å². The SMILES string of the molecule is CC(C)C[C@H](N)C(=O)NC1CCN(Cc2ccc(Br)cc2)CC1. The van der Waals surface area contributed by atoms with Gasteiger partial charge in [0.15, 0.2) is 0 Å². The molecule has 128 valence electrons. The minimum atomic E-state index is -0.379. The number of carbonyl (C=O) groups excluding carboxylic acids is 1. The van der Waals surface area contributed by atoms with Crippen LogP contribution in [0.3, 0.4) is 0 Å². The molecule has 1 aromatic rings. The Labute approximate surface area is 147 Å². The molecular formula is C18H28BrN3O. The Kier molecular flexibility index (Phi) is 7.06. The average molecular weight is 382 g/mol. The lowest BCUT2D eigenvalue weighted by atomic mass is 10.0. The van der Waals surface area contributed by atoms with Gasteiger partial charge in [0, 0.05) is 30.1 Å². The zero-order valence-electron chi connectivity index (χ0n) is 14.1. The fourth-order valence-corrected chi connectivity index (χ4v) is 3.27. The van der Waals surface area contributed by atoms with E-state index in [1.54, 1.807) is 0 Å². The molecule has 1 amide bonds. The number of rotatable bonds is 6. The molecule has 1 aliphatic rings. The van der Waals surface area contributed by atoms with Gasteiger partial charge in [0.25, 0.3) is 0 Å². The van der Waals surface area contributed by atoms with Gasteiger partial charge in [-0.25, -0.2) is 0 Å². The number of amides is 1. The van der Waals surface area contributed by atoms with Crippen LogP contribution in [0.5, 0.6) is 0 Å². The molecule has 0 bridgehead atoms. The lowest BCUT2D eigenvalue weighted by molar-refractivity contribution is -0.123. The van der Waals surface area contributed by atoms with E-state index >= 15 is 0 Å². The quantitative estimate of drug-likeness (QED) is 0.796. The van der Waals surface area contributed by atoms with E-state index in [2.05, 4.69) is 64.3 Å². The fraction of sp³-hybridized carbons (Fsp3) is 0.611. The predicted octanol–water partition coefficient (Wildman–Crippen LogP) is 2.90. The Bertz CT molecular complexity index is 495. The van der Waals surface area contributed by atoms with E-state index in [0.717, 1.165) is 43.4 Å². The lowest BCUT2D eigenvalue weighted by Gasteiger charge is -2.33. The number of likely N-dealkylation sites (tertiary alicyclic amines) is 1. The summed E-state index contributed by atoms with van der Waals surface area (Å²) in [7, 11) is 0. The number of carbonyl (C=O) groups is 1. The van der Waals surface area contributed by atoms with Crippen molar-refractivity contribution in [1.82, 2.24) is 10.2 Å². The molecule has 1 saturated heterocycles. The number of hydrogen-bond acceptors (Lipinski definition) is 3. The zero-order valence-corrected chi connectivity index (χ0v) is 15.7. The van der Waals surface area contributed by atoms with Crippen molar-refractivity contribution < 1.29 is 4.79 Å². The first-order chi connectivity index (χ1) is 10.9. The predicted molar refractivity (Wildman–Crippen MR) is 98.0 cm³/mol. The third kappa shape index (κ3) is 6.24. The molecule has 3 N–H and O–H groups in total. The molecule has 0 aliphatic carbocycles. The molecular weight excluding hydrogens is 354 g/mol. The van der Waals surface area contributed by atoms with Crippen LogP contribution >= 0.6 is 15.9 Å². The number of benzene rings is 1. The van der Waals surface area contributed by atoms with Crippen molar-refractivity contribution in [2.45, 2.75) is 51.7 Å². The second-order valence-electron chi connectivity index (χ2n) is 6.92. The summed E-state index contributed by atoms with van der Waals surface area (Å²) in [6, 6.07) is 8.36. The normalized spacial score (nSPS) is 18.1. The first kappa shape index (κ1) is 18.4. The maximum Gasteiger partial charge on any atom is 0.237 e. The van der Waals surface area contributed by atoms with Gasteiger partial charge in [0.05, 0.1) is 6.04 Å². The summed E-state index contributed by atoms with van der Waals surface area (Å²) in [5, 5.41) is 3.12. The van der Waals surface area contributed by atoms with Gasteiger partial charge in [0.1, 0.15) is 0 Å². The van der Waals surface area contributed by atoms with Crippen LogP contribution in [0, 0.1) is 5.92 Å². The van der Waals surface area contributed by atoms with E-state index < -0.39 is 0 Å². The maximum absolute atomic E-state index is 12.1. The van der Waals surface area contributed by atoms with Gasteiger partial charge in [-0.3, -0.25) is 9.69 Å². The van der Waals surface area contributed by atoms with E-state index in [4.69, 9.17) is 5.73 Å². The second kappa shape index (κ2) is 8.81. The number of piperidine rings is 1. The average Bonchev–Trinajstić information content (AvgIpc) is 2.51. The summed E-state index contributed by atoms with van der Waals surface area (Å²) in [5.74, 6) is 0.452. The number of nitrogens with one attached hydrogen (secondary N) is 1. The first-order valence-electron chi connectivity index (χ1n) is 8.47. The molecule has 23 heavy (non-hydrogen) atoms. The Morgan fingerprint density at radius 2 is 1.91 bits per heavy atom. The van der Waals surface area contributed by atoms with E-state index in [0.29, 0.717) is 5.92 Å². The maximum atomic E-state index is 12.1.